The van der Waals surface area contributed by atoms with Gasteiger partial charge in [0.05, 0.1) is 0 Å². The Labute approximate surface area is 104 Å². The van der Waals surface area contributed by atoms with Gasteiger partial charge in [0.2, 0.25) is 6.41 Å². The summed E-state index contributed by atoms with van der Waals surface area (Å²) in [7, 11) is 0. The minimum Gasteiger partial charge on any atom is -0.328 e. The summed E-state index contributed by atoms with van der Waals surface area (Å²) in [6.45, 7) is 2.11. The van der Waals surface area contributed by atoms with E-state index in [-0.39, 0.29) is 0 Å². The molecule has 0 radical (unpaired) electrons. The normalized spacial score (nSPS) is 17.1. The van der Waals surface area contributed by atoms with Crippen LogP contribution in [0.15, 0.2) is 22.7 Å². The Morgan fingerprint density at radius 1 is 1.38 bits per heavy atom. The Morgan fingerprint density at radius 3 is 2.81 bits per heavy atom. The van der Waals surface area contributed by atoms with Crippen LogP contribution in [-0.2, 0) is 4.79 Å². The Hall–Kier alpha value is -0.870. The molecule has 0 aliphatic carbocycles. The molecule has 1 fully saturated rings. The van der Waals surface area contributed by atoms with Gasteiger partial charge in [-0.1, -0.05) is 15.9 Å². The van der Waals surface area contributed by atoms with E-state index in [4.69, 9.17) is 0 Å². The van der Waals surface area contributed by atoms with Gasteiger partial charge >= 0.3 is 0 Å². The van der Waals surface area contributed by atoms with E-state index in [1.165, 1.54) is 5.56 Å². The number of hydrogen-bond donors (Lipinski definition) is 2. The maximum absolute atomic E-state index is 10.6. The Bertz CT molecular complexity index is 375. The summed E-state index contributed by atoms with van der Waals surface area (Å²) in [4.78, 5) is 10.6. The van der Waals surface area contributed by atoms with Crippen molar-refractivity contribution in [3.8, 4) is 0 Å². The van der Waals surface area contributed by atoms with E-state index in [1.54, 1.807) is 0 Å². The molecule has 0 aromatic heterocycles. The van der Waals surface area contributed by atoms with E-state index < -0.39 is 0 Å². The fraction of sp³-hybridized carbons (Fsp3) is 0.417. The first-order valence-corrected chi connectivity index (χ1v) is 6.31. The first-order valence-electron chi connectivity index (χ1n) is 5.51. The van der Waals surface area contributed by atoms with Gasteiger partial charge in [-0.05, 0) is 55.6 Å². The highest BCUT2D eigenvalue weighted by Gasteiger charge is 2.18. The smallest absolute Gasteiger partial charge is 0.211 e. The van der Waals surface area contributed by atoms with Crippen LogP contribution in [0.2, 0.25) is 0 Å². The highest BCUT2D eigenvalue weighted by Crippen LogP contribution is 2.33. The average Bonchev–Trinajstić information content (AvgIpc) is 2.33. The number of hydrogen-bond acceptors (Lipinski definition) is 2. The van der Waals surface area contributed by atoms with Crippen molar-refractivity contribution in [1.29, 1.82) is 0 Å². The fourth-order valence-corrected chi connectivity index (χ4v) is 2.58. The minimum atomic E-state index is 0.543. The van der Waals surface area contributed by atoms with E-state index in [0.29, 0.717) is 5.92 Å². The predicted octanol–water partition coefficient (Wildman–Crippen LogP) is 2.48. The quantitative estimate of drug-likeness (QED) is 0.837. The standard InChI is InChI=1S/C12H15BrN2O/c13-10-1-2-12(15-8-16)11(7-10)9-3-5-14-6-4-9/h1-2,7-9,14H,3-6H2,(H,15,16). The number of benzene rings is 1. The van der Waals surface area contributed by atoms with Gasteiger partial charge in [0, 0.05) is 10.2 Å². The number of piperidine rings is 1. The number of rotatable bonds is 3. The zero-order valence-electron chi connectivity index (χ0n) is 9.00. The molecular weight excluding hydrogens is 268 g/mol. The first kappa shape index (κ1) is 11.6. The highest BCUT2D eigenvalue weighted by molar-refractivity contribution is 9.10. The van der Waals surface area contributed by atoms with Crippen molar-refractivity contribution in [2.24, 2.45) is 0 Å². The van der Waals surface area contributed by atoms with Crippen molar-refractivity contribution in [2.75, 3.05) is 18.4 Å². The summed E-state index contributed by atoms with van der Waals surface area (Å²) in [5.74, 6) is 0.543. The molecule has 0 unspecified atom stereocenters. The van der Waals surface area contributed by atoms with E-state index >= 15 is 0 Å². The van der Waals surface area contributed by atoms with E-state index in [2.05, 4.69) is 32.6 Å². The summed E-state index contributed by atoms with van der Waals surface area (Å²) in [5, 5.41) is 6.13. The zero-order chi connectivity index (χ0) is 11.4. The maximum Gasteiger partial charge on any atom is 0.211 e. The van der Waals surface area contributed by atoms with E-state index in [1.807, 2.05) is 12.1 Å². The molecule has 1 aromatic carbocycles. The molecule has 1 aliphatic heterocycles. The van der Waals surface area contributed by atoms with Crippen molar-refractivity contribution >= 4 is 28.0 Å². The van der Waals surface area contributed by atoms with Crippen LogP contribution in [0.4, 0.5) is 5.69 Å². The number of nitrogens with one attached hydrogen (secondary N) is 2. The Balaban J connectivity index is 2.27. The predicted molar refractivity (Wildman–Crippen MR) is 68.7 cm³/mol. The van der Waals surface area contributed by atoms with Gasteiger partial charge in [0.15, 0.2) is 0 Å². The maximum atomic E-state index is 10.6. The monoisotopic (exact) mass is 282 g/mol. The van der Waals surface area contributed by atoms with Crippen LogP contribution in [0.3, 0.4) is 0 Å². The lowest BCUT2D eigenvalue weighted by Gasteiger charge is -2.25. The number of carbonyl (C=O) groups excluding carboxylic acids is 1. The fourth-order valence-electron chi connectivity index (χ4n) is 2.20. The molecule has 16 heavy (non-hydrogen) atoms. The largest absolute Gasteiger partial charge is 0.328 e. The molecule has 1 amide bonds. The second-order valence-electron chi connectivity index (χ2n) is 4.02. The SMILES string of the molecule is O=CNc1ccc(Br)cc1C1CCNCC1. The molecule has 0 bridgehead atoms. The molecule has 1 heterocycles. The van der Waals surface area contributed by atoms with Crippen LogP contribution in [0.5, 0.6) is 0 Å². The summed E-state index contributed by atoms with van der Waals surface area (Å²) in [6, 6.07) is 6.02. The van der Waals surface area contributed by atoms with Crippen molar-refractivity contribution in [3.05, 3.63) is 28.2 Å². The summed E-state index contributed by atoms with van der Waals surface area (Å²) >= 11 is 3.48. The van der Waals surface area contributed by atoms with Gasteiger partial charge in [0.1, 0.15) is 0 Å². The number of carbonyl (C=O) groups is 1. The lowest BCUT2D eigenvalue weighted by Crippen LogP contribution is -2.27. The molecule has 86 valence electrons. The molecule has 2 N–H and O–H groups in total. The van der Waals surface area contributed by atoms with Crippen LogP contribution in [0, 0.1) is 0 Å². The van der Waals surface area contributed by atoms with Gasteiger partial charge in [-0.25, -0.2) is 0 Å². The van der Waals surface area contributed by atoms with Gasteiger partial charge in [-0.2, -0.15) is 0 Å². The summed E-state index contributed by atoms with van der Waals surface area (Å²) in [6.07, 6.45) is 3.00. The molecular formula is C12H15BrN2O. The van der Waals surface area contributed by atoms with Crippen LogP contribution < -0.4 is 10.6 Å². The van der Waals surface area contributed by atoms with Crippen molar-refractivity contribution < 1.29 is 4.79 Å². The third kappa shape index (κ3) is 2.62. The molecule has 0 saturated carbocycles. The molecule has 1 aromatic rings. The highest BCUT2D eigenvalue weighted by atomic mass is 79.9. The van der Waals surface area contributed by atoms with Crippen LogP contribution in [0.25, 0.3) is 0 Å². The van der Waals surface area contributed by atoms with Crippen molar-refractivity contribution in [1.82, 2.24) is 5.32 Å². The van der Waals surface area contributed by atoms with Crippen LogP contribution in [0.1, 0.15) is 24.3 Å². The molecule has 0 atom stereocenters. The lowest BCUT2D eigenvalue weighted by atomic mass is 9.89. The summed E-state index contributed by atoms with van der Waals surface area (Å²) in [5.41, 5.74) is 2.17. The third-order valence-corrected chi connectivity index (χ3v) is 3.50. The molecule has 2 rings (SSSR count). The topological polar surface area (TPSA) is 41.1 Å². The second kappa shape index (κ2) is 5.46. The lowest BCUT2D eigenvalue weighted by molar-refractivity contribution is -0.105. The molecule has 1 saturated heterocycles. The van der Waals surface area contributed by atoms with E-state index in [9.17, 15) is 4.79 Å². The number of anilines is 1. The molecule has 1 aliphatic rings. The average molecular weight is 283 g/mol. The molecule has 3 nitrogen and oxygen atoms in total. The second-order valence-corrected chi connectivity index (χ2v) is 4.93. The molecule has 0 spiro atoms. The van der Waals surface area contributed by atoms with Gasteiger partial charge in [-0.3, -0.25) is 4.79 Å². The minimum absolute atomic E-state index is 0.543. The third-order valence-electron chi connectivity index (χ3n) is 3.01. The zero-order valence-corrected chi connectivity index (χ0v) is 10.6. The van der Waals surface area contributed by atoms with Crippen LogP contribution in [-0.4, -0.2) is 19.5 Å². The van der Waals surface area contributed by atoms with Crippen molar-refractivity contribution in [3.63, 3.8) is 0 Å². The number of halogens is 1. The Morgan fingerprint density at radius 2 is 2.12 bits per heavy atom. The molecule has 4 heteroatoms. The first-order chi connectivity index (χ1) is 7.81. The van der Waals surface area contributed by atoms with Gasteiger partial charge in [0.25, 0.3) is 0 Å². The van der Waals surface area contributed by atoms with Gasteiger partial charge < -0.3 is 10.6 Å². The number of amides is 1. The van der Waals surface area contributed by atoms with Crippen LogP contribution >= 0.6 is 15.9 Å². The summed E-state index contributed by atoms with van der Waals surface area (Å²) < 4.78 is 1.07. The van der Waals surface area contributed by atoms with Gasteiger partial charge in [-0.15, -0.1) is 0 Å². The Kier molecular flexibility index (Phi) is 3.96. The van der Waals surface area contributed by atoms with Crippen molar-refractivity contribution in [2.45, 2.75) is 18.8 Å². The van der Waals surface area contributed by atoms with E-state index in [0.717, 1.165) is 42.5 Å².